The predicted molar refractivity (Wildman–Crippen MR) is 65.3 cm³/mol. The minimum absolute atomic E-state index is 0.267. The van der Waals surface area contributed by atoms with Crippen molar-refractivity contribution >= 4 is 17.8 Å². The van der Waals surface area contributed by atoms with Crippen LogP contribution in [0.25, 0.3) is 0 Å². The molecule has 0 aliphatic carbocycles. The van der Waals surface area contributed by atoms with E-state index in [4.69, 9.17) is 21.1 Å². The Labute approximate surface area is 100 Å². The van der Waals surface area contributed by atoms with E-state index in [1.807, 2.05) is 12.3 Å². The van der Waals surface area contributed by atoms with E-state index in [-0.39, 0.29) is 6.04 Å². The molecule has 1 atom stereocenters. The van der Waals surface area contributed by atoms with Crippen LogP contribution in [0.15, 0.2) is 11.1 Å². The van der Waals surface area contributed by atoms with E-state index in [1.165, 1.54) is 0 Å². The number of nitrogens with zero attached hydrogens (tertiary/aromatic N) is 1. The zero-order valence-electron chi connectivity index (χ0n) is 9.58. The van der Waals surface area contributed by atoms with Gasteiger partial charge in [-0.1, -0.05) is 11.6 Å². The van der Waals surface area contributed by atoms with Gasteiger partial charge in [-0.3, -0.25) is 4.99 Å². The average molecular weight is 240 g/mol. The molecule has 86 valence electrons. The van der Waals surface area contributed by atoms with Crippen LogP contribution in [0.3, 0.4) is 0 Å². The van der Waals surface area contributed by atoms with Crippen LogP contribution >= 0.6 is 11.6 Å². The summed E-state index contributed by atoms with van der Waals surface area (Å²) >= 11 is 6.31. The molecule has 1 aromatic carbocycles. The largest absolute Gasteiger partial charge is 0.493 e. The van der Waals surface area contributed by atoms with Gasteiger partial charge in [0.1, 0.15) is 0 Å². The first-order valence-electron chi connectivity index (χ1n) is 5.14. The number of hydrogen-bond acceptors (Lipinski definition) is 3. The van der Waals surface area contributed by atoms with Crippen LogP contribution < -0.4 is 9.47 Å². The van der Waals surface area contributed by atoms with Gasteiger partial charge < -0.3 is 9.47 Å². The van der Waals surface area contributed by atoms with Crippen molar-refractivity contribution in [3.63, 3.8) is 0 Å². The third-order valence-corrected chi connectivity index (χ3v) is 3.11. The quantitative estimate of drug-likeness (QED) is 0.795. The van der Waals surface area contributed by atoms with Crippen molar-refractivity contribution in [2.45, 2.75) is 19.4 Å². The van der Waals surface area contributed by atoms with Gasteiger partial charge in [0.15, 0.2) is 11.5 Å². The molecule has 16 heavy (non-hydrogen) atoms. The van der Waals surface area contributed by atoms with Crippen molar-refractivity contribution in [2.24, 2.45) is 4.99 Å². The van der Waals surface area contributed by atoms with E-state index in [1.54, 1.807) is 14.2 Å². The predicted octanol–water partition coefficient (Wildman–Crippen LogP) is 2.72. The van der Waals surface area contributed by atoms with Crippen molar-refractivity contribution in [3.05, 3.63) is 22.2 Å². The first kappa shape index (κ1) is 11.3. The third-order valence-electron chi connectivity index (χ3n) is 2.71. The lowest BCUT2D eigenvalue weighted by atomic mass is 9.98. The molecule has 0 radical (unpaired) electrons. The van der Waals surface area contributed by atoms with Crippen molar-refractivity contribution in [2.75, 3.05) is 14.2 Å². The van der Waals surface area contributed by atoms with E-state index >= 15 is 0 Å². The Balaban J connectivity index is 2.60. The molecule has 1 aromatic rings. The zero-order valence-corrected chi connectivity index (χ0v) is 10.3. The number of fused-ring (bicyclic) bond motifs is 1. The van der Waals surface area contributed by atoms with Crippen LogP contribution in [-0.2, 0) is 6.42 Å². The molecule has 0 aromatic heterocycles. The molecular formula is C12H14ClNO2. The maximum absolute atomic E-state index is 6.31. The molecule has 0 fully saturated rings. The van der Waals surface area contributed by atoms with E-state index in [0.717, 1.165) is 17.5 Å². The third kappa shape index (κ3) is 1.76. The summed E-state index contributed by atoms with van der Waals surface area (Å²) < 4.78 is 10.5. The van der Waals surface area contributed by atoms with Gasteiger partial charge in [0.2, 0.25) is 0 Å². The highest BCUT2D eigenvalue weighted by Crippen LogP contribution is 2.40. The van der Waals surface area contributed by atoms with Gasteiger partial charge in [-0.25, -0.2) is 0 Å². The molecule has 1 heterocycles. The lowest BCUT2D eigenvalue weighted by Crippen LogP contribution is -2.13. The van der Waals surface area contributed by atoms with Gasteiger partial charge in [-0.15, -0.1) is 0 Å². The van der Waals surface area contributed by atoms with Crippen molar-refractivity contribution < 1.29 is 9.47 Å². The molecule has 0 bridgehead atoms. The van der Waals surface area contributed by atoms with Crippen LogP contribution in [0.4, 0.5) is 0 Å². The van der Waals surface area contributed by atoms with E-state index in [0.29, 0.717) is 16.5 Å². The molecular weight excluding hydrogens is 226 g/mol. The number of aliphatic imine (C=N–C) groups is 1. The standard InChI is InChI=1S/C12H14ClNO2/c1-7-4-9-8(6-14-7)5-10(15-2)12(16-3)11(9)13/h5-7H,4H2,1-3H3/t7-/m1/s1. The summed E-state index contributed by atoms with van der Waals surface area (Å²) in [6, 6.07) is 2.18. The van der Waals surface area contributed by atoms with Crippen LogP contribution in [0.1, 0.15) is 18.1 Å². The highest BCUT2D eigenvalue weighted by atomic mass is 35.5. The van der Waals surface area contributed by atoms with Gasteiger partial charge in [-0.2, -0.15) is 0 Å². The molecule has 1 aliphatic heterocycles. The Hall–Kier alpha value is -1.22. The lowest BCUT2D eigenvalue weighted by Gasteiger charge is -2.20. The summed E-state index contributed by atoms with van der Waals surface area (Å²) in [4.78, 5) is 4.36. The van der Waals surface area contributed by atoms with Crippen LogP contribution in [0, 0.1) is 0 Å². The fraction of sp³-hybridized carbons (Fsp3) is 0.417. The molecule has 4 heteroatoms. The van der Waals surface area contributed by atoms with Crippen molar-refractivity contribution in [3.8, 4) is 11.5 Å². The van der Waals surface area contributed by atoms with Crippen molar-refractivity contribution in [1.29, 1.82) is 0 Å². The maximum Gasteiger partial charge on any atom is 0.179 e. The molecule has 0 amide bonds. The first-order valence-corrected chi connectivity index (χ1v) is 5.51. The van der Waals surface area contributed by atoms with Crippen molar-refractivity contribution in [1.82, 2.24) is 0 Å². The second-order valence-corrected chi connectivity index (χ2v) is 4.20. The molecule has 3 nitrogen and oxygen atoms in total. The van der Waals surface area contributed by atoms with Crippen LogP contribution in [0.5, 0.6) is 11.5 Å². The Kier molecular flexibility index (Phi) is 3.06. The topological polar surface area (TPSA) is 30.8 Å². The first-order chi connectivity index (χ1) is 7.67. The lowest BCUT2D eigenvalue weighted by molar-refractivity contribution is 0.354. The molecule has 0 saturated carbocycles. The second kappa shape index (κ2) is 4.34. The van der Waals surface area contributed by atoms with E-state index in [9.17, 15) is 0 Å². The smallest absolute Gasteiger partial charge is 0.179 e. The summed E-state index contributed by atoms with van der Waals surface area (Å²) in [6.45, 7) is 2.06. The van der Waals surface area contributed by atoms with Gasteiger partial charge in [0.05, 0.1) is 25.3 Å². The molecule has 1 aliphatic rings. The molecule has 2 rings (SSSR count). The van der Waals surface area contributed by atoms with Gasteiger partial charge >= 0.3 is 0 Å². The summed E-state index contributed by atoms with van der Waals surface area (Å²) in [6.07, 6.45) is 2.68. The van der Waals surface area contributed by atoms with Gasteiger partial charge in [0, 0.05) is 11.8 Å². The van der Waals surface area contributed by atoms with E-state index in [2.05, 4.69) is 11.9 Å². The Morgan fingerprint density at radius 1 is 1.38 bits per heavy atom. The monoisotopic (exact) mass is 239 g/mol. The molecule has 0 unspecified atom stereocenters. The highest BCUT2D eigenvalue weighted by molar-refractivity contribution is 6.33. The van der Waals surface area contributed by atoms with Gasteiger partial charge in [0.25, 0.3) is 0 Å². The summed E-state index contributed by atoms with van der Waals surface area (Å²) in [7, 11) is 3.19. The highest BCUT2D eigenvalue weighted by Gasteiger charge is 2.21. The number of methoxy groups -OCH3 is 2. The number of benzene rings is 1. The number of ether oxygens (including phenoxy) is 2. The second-order valence-electron chi connectivity index (χ2n) is 3.83. The molecule has 0 saturated heterocycles. The average Bonchev–Trinajstić information content (AvgIpc) is 2.29. The fourth-order valence-corrected chi connectivity index (χ4v) is 2.24. The minimum atomic E-state index is 0.267. The van der Waals surface area contributed by atoms with Crippen LogP contribution in [0.2, 0.25) is 5.02 Å². The summed E-state index contributed by atoms with van der Waals surface area (Å²) in [5.41, 5.74) is 2.10. The summed E-state index contributed by atoms with van der Waals surface area (Å²) in [5.74, 6) is 1.25. The Morgan fingerprint density at radius 3 is 2.75 bits per heavy atom. The Bertz CT molecular complexity index is 443. The maximum atomic E-state index is 6.31. The molecule has 0 N–H and O–H groups in total. The number of hydrogen-bond donors (Lipinski definition) is 0. The number of halogens is 1. The minimum Gasteiger partial charge on any atom is -0.493 e. The van der Waals surface area contributed by atoms with Crippen LogP contribution in [-0.4, -0.2) is 26.5 Å². The SMILES string of the molecule is COc1cc2c(c(Cl)c1OC)C[C@@H](C)N=C2. The van der Waals surface area contributed by atoms with E-state index < -0.39 is 0 Å². The van der Waals surface area contributed by atoms with Gasteiger partial charge in [-0.05, 0) is 25.0 Å². The Morgan fingerprint density at radius 2 is 2.12 bits per heavy atom. The number of rotatable bonds is 2. The summed E-state index contributed by atoms with van der Waals surface area (Å²) in [5, 5.41) is 0.634. The molecule has 0 spiro atoms. The zero-order chi connectivity index (χ0) is 11.7. The normalized spacial score (nSPS) is 18.1. The fourth-order valence-electron chi connectivity index (χ4n) is 1.89.